The normalized spacial score (nSPS) is 21.1. The van der Waals surface area contributed by atoms with Gasteiger partial charge in [0.2, 0.25) is 0 Å². The van der Waals surface area contributed by atoms with Crippen molar-refractivity contribution in [3.63, 3.8) is 0 Å². The number of likely N-dealkylation sites (N-methyl/N-ethyl adjacent to an activating group) is 1. The van der Waals surface area contributed by atoms with Crippen LogP contribution in [0.1, 0.15) is 44.7 Å². The maximum Gasteiger partial charge on any atom is 0.119 e. The van der Waals surface area contributed by atoms with E-state index in [0.29, 0.717) is 6.04 Å². The van der Waals surface area contributed by atoms with Gasteiger partial charge in [-0.05, 0) is 50.0 Å². The quantitative estimate of drug-likeness (QED) is 0.827. The van der Waals surface area contributed by atoms with Crippen LogP contribution in [0.25, 0.3) is 0 Å². The molecule has 2 atom stereocenters. The van der Waals surface area contributed by atoms with Gasteiger partial charge in [-0.2, -0.15) is 0 Å². The molecule has 112 valence electrons. The third-order valence-electron chi connectivity index (χ3n) is 4.33. The van der Waals surface area contributed by atoms with Crippen molar-refractivity contribution < 1.29 is 4.74 Å². The van der Waals surface area contributed by atoms with E-state index in [1.165, 1.54) is 31.4 Å². The summed E-state index contributed by atoms with van der Waals surface area (Å²) in [5.74, 6) is 0.943. The summed E-state index contributed by atoms with van der Waals surface area (Å²) in [5, 5.41) is 3.62. The third-order valence-corrected chi connectivity index (χ3v) is 4.33. The zero-order chi connectivity index (χ0) is 14.4. The van der Waals surface area contributed by atoms with Crippen molar-refractivity contribution in [1.82, 2.24) is 10.2 Å². The van der Waals surface area contributed by atoms with Gasteiger partial charge in [-0.15, -0.1) is 0 Å². The Bertz CT molecular complexity index is 408. The van der Waals surface area contributed by atoms with E-state index in [1.807, 2.05) is 6.07 Å². The first-order chi connectivity index (χ1) is 9.78. The average Bonchev–Trinajstić information content (AvgIpc) is 2.94. The van der Waals surface area contributed by atoms with Crippen molar-refractivity contribution in [1.29, 1.82) is 0 Å². The van der Waals surface area contributed by atoms with E-state index >= 15 is 0 Å². The molecule has 0 bridgehead atoms. The summed E-state index contributed by atoms with van der Waals surface area (Å²) in [7, 11) is 1.73. The number of nitrogens with zero attached hydrogens (tertiary/aromatic N) is 1. The molecule has 1 aliphatic rings. The second-order valence-electron chi connectivity index (χ2n) is 5.59. The van der Waals surface area contributed by atoms with E-state index in [2.05, 4.69) is 42.3 Å². The molecule has 1 fully saturated rings. The SMILES string of the molecule is CCNC(CN1CCCC1CC)c1cccc(OC)c1. The van der Waals surface area contributed by atoms with Crippen molar-refractivity contribution in [3.8, 4) is 5.75 Å². The van der Waals surface area contributed by atoms with Crippen molar-refractivity contribution >= 4 is 0 Å². The summed E-state index contributed by atoms with van der Waals surface area (Å²) in [6.07, 6.45) is 3.96. The summed E-state index contributed by atoms with van der Waals surface area (Å²) >= 11 is 0. The van der Waals surface area contributed by atoms with Crippen LogP contribution in [0.15, 0.2) is 24.3 Å². The van der Waals surface area contributed by atoms with Crippen LogP contribution in [0.2, 0.25) is 0 Å². The largest absolute Gasteiger partial charge is 0.497 e. The smallest absolute Gasteiger partial charge is 0.119 e. The molecular weight excluding hydrogens is 248 g/mol. The molecule has 0 radical (unpaired) electrons. The van der Waals surface area contributed by atoms with Crippen LogP contribution < -0.4 is 10.1 Å². The van der Waals surface area contributed by atoms with Crippen molar-refractivity contribution in [3.05, 3.63) is 29.8 Å². The van der Waals surface area contributed by atoms with Crippen LogP contribution in [-0.4, -0.2) is 37.7 Å². The molecule has 2 unspecified atom stereocenters. The maximum absolute atomic E-state index is 5.35. The van der Waals surface area contributed by atoms with Crippen molar-refractivity contribution in [2.45, 2.75) is 45.2 Å². The molecule has 1 saturated heterocycles. The topological polar surface area (TPSA) is 24.5 Å². The Morgan fingerprint density at radius 1 is 1.40 bits per heavy atom. The lowest BCUT2D eigenvalue weighted by Gasteiger charge is -2.29. The molecule has 0 spiro atoms. The van der Waals surface area contributed by atoms with Gasteiger partial charge in [0.15, 0.2) is 0 Å². The van der Waals surface area contributed by atoms with Crippen molar-refractivity contribution in [2.24, 2.45) is 0 Å². The Kier molecular flexibility index (Phi) is 5.86. The van der Waals surface area contributed by atoms with Gasteiger partial charge >= 0.3 is 0 Å². The summed E-state index contributed by atoms with van der Waals surface area (Å²) in [4.78, 5) is 2.65. The lowest BCUT2D eigenvalue weighted by atomic mass is 10.0. The fourth-order valence-corrected chi connectivity index (χ4v) is 3.22. The fraction of sp³-hybridized carbons (Fsp3) is 0.647. The molecule has 1 heterocycles. The van der Waals surface area contributed by atoms with Gasteiger partial charge in [-0.3, -0.25) is 4.90 Å². The highest BCUT2D eigenvalue weighted by Crippen LogP contribution is 2.25. The Morgan fingerprint density at radius 2 is 2.25 bits per heavy atom. The van der Waals surface area contributed by atoms with Gasteiger partial charge in [-0.1, -0.05) is 26.0 Å². The third kappa shape index (κ3) is 3.74. The van der Waals surface area contributed by atoms with Crippen LogP contribution in [0.5, 0.6) is 5.75 Å². The number of likely N-dealkylation sites (tertiary alicyclic amines) is 1. The van der Waals surface area contributed by atoms with Gasteiger partial charge in [0.1, 0.15) is 5.75 Å². The fourth-order valence-electron chi connectivity index (χ4n) is 3.22. The molecule has 1 aromatic carbocycles. The van der Waals surface area contributed by atoms with E-state index in [4.69, 9.17) is 4.74 Å². The molecular formula is C17H28N2O. The van der Waals surface area contributed by atoms with Gasteiger partial charge in [0.25, 0.3) is 0 Å². The monoisotopic (exact) mass is 276 g/mol. The molecule has 3 heteroatoms. The molecule has 1 aliphatic heterocycles. The van der Waals surface area contributed by atoms with Crippen LogP contribution in [-0.2, 0) is 0 Å². The Hall–Kier alpha value is -1.06. The highest BCUT2D eigenvalue weighted by molar-refractivity contribution is 5.30. The van der Waals surface area contributed by atoms with E-state index < -0.39 is 0 Å². The first-order valence-electron chi connectivity index (χ1n) is 7.89. The van der Waals surface area contributed by atoms with Crippen LogP contribution in [0, 0.1) is 0 Å². The summed E-state index contributed by atoms with van der Waals surface area (Å²) in [6.45, 7) is 7.81. The molecule has 0 amide bonds. The maximum atomic E-state index is 5.35. The Labute approximate surface area is 123 Å². The molecule has 0 aliphatic carbocycles. The molecule has 0 saturated carbocycles. The summed E-state index contributed by atoms with van der Waals surface area (Å²) < 4.78 is 5.35. The molecule has 1 aromatic rings. The van der Waals surface area contributed by atoms with E-state index in [-0.39, 0.29) is 0 Å². The predicted molar refractivity (Wildman–Crippen MR) is 84.3 cm³/mol. The minimum atomic E-state index is 0.391. The Balaban J connectivity index is 2.09. The highest BCUT2D eigenvalue weighted by atomic mass is 16.5. The van der Waals surface area contributed by atoms with Crippen molar-refractivity contribution in [2.75, 3.05) is 26.7 Å². The van der Waals surface area contributed by atoms with E-state index in [1.54, 1.807) is 7.11 Å². The van der Waals surface area contributed by atoms with E-state index in [9.17, 15) is 0 Å². The number of rotatable bonds is 7. The number of methoxy groups -OCH3 is 1. The lowest BCUT2D eigenvalue weighted by Crippen LogP contribution is -2.37. The molecule has 0 aromatic heterocycles. The number of hydrogen-bond donors (Lipinski definition) is 1. The van der Waals surface area contributed by atoms with E-state index in [0.717, 1.165) is 24.9 Å². The van der Waals surface area contributed by atoms with Crippen LogP contribution >= 0.6 is 0 Å². The van der Waals surface area contributed by atoms with Crippen LogP contribution in [0.4, 0.5) is 0 Å². The highest BCUT2D eigenvalue weighted by Gasteiger charge is 2.25. The molecule has 3 nitrogen and oxygen atoms in total. The van der Waals surface area contributed by atoms with Gasteiger partial charge in [-0.25, -0.2) is 0 Å². The molecule has 2 rings (SSSR count). The standard InChI is InChI=1S/C17H28N2O/c1-4-15-9-7-11-19(15)13-17(18-5-2)14-8-6-10-16(12-14)20-3/h6,8,10,12,15,17-18H,4-5,7,9,11,13H2,1-3H3. The second kappa shape index (κ2) is 7.65. The zero-order valence-electron chi connectivity index (χ0n) is 13.1. The minimum Gasteiger partial charge on any atom is -0.497 e. The van der Waals surface area contributed by atoms with Gasteiger partial charge in [0.05, 0.1) is 7.11 Å². The summed E-state index contributed by atoms with van der Waals surface area (Å²) in [6, 6.07) is 9.61. The first kappa shape index (κ1) is 15.3. The minimum absolute atomic E-state index is 0.391. The van der Waals surface area contributed by atoms with Crippen LogP contribution in [0.3, 0.4) is 0 Å². The number of nitrogens with one attached hydrogen (secondary N) is 1. The first-order valence-corrected chi connectivity index (χ1v) is 7.89. The second-order valence-corrected chi connectivity index (χ2v) is 5.59. The zero-order valence-corrected chi connectivity index (χ0v) is 13.1. The lowest BCUT2D eigenvalue weighted by molar-refractivity contribution is 0.221. The molecule has 20 heavy (non-hydrogen) atoms. The molecule has 1 N–H and O–H groups in total. The number of benzene rings is 1. The van der Waals surface area contributed by atoms with Gasteiger partial charge < -0.3 is 10.1 Å². The Morgan fingerprint density at radius 3 is 2.95 bits per heavy atom. The average molecular weight is 276 g/mol. The number of hydrogen-bond acceptors (Lipinski definition) is 3. The summed E-state index contributed by atoms with van der Waals surface area (Å²) in [5.41, 5.74) is 1.33. The predicted octanol–water partition coefficient (Wildman–Crippen LogP) is 3.22. The van der Waals surface area contributed by atoms with Gasteiger partial charge in [0, 0.05) is 18.6 Å². The number of ether oxygens (including phenoxy) is 1.